The van der Waals surface area contributed by atoms with E-state index in [2.05, 4.69) is 5.32 Å². The highest BCUT2D eigenvalue weighted by Crippen LogP contribution is 2.36. The van der Waals surface area contributed by atoms with Gasteiger partial charge in [0.05, 0.1) is 16.6 Å². The Kier molecular flexibility index (Phi) is 4.37. The first-order valence-electron chi connectivity index (χ1n) is 5.82. The van der Waals surface area contributed by atoms with Crippen LogP contribution >= 0.6 is 11.6 Å². The third kappa shape index (κ3) is 2.58. The predicted octanol–water partition coefficient (Wildman–Crippen LogP) is 2.10. The summed E-state index contributed by atoms with van der Waals surface area (Å²) < 4.78 is 27.0. The van der Waals surface area contributed by atoms with Crippen molar-refractivity contribution in [1.82, 2.24) is 10.2 Å². The molecule has 1 aromatic carbocycles. The van der Waals surface area contributed by atoms with E-state index in [9.17, 15) is 13.9 Å². The molecule has 1 fully saturated rings. The summed E-state index contributed by atoms with van der Waals surface area (Å²) in [4.78, 5) is 1.81. The molecule has 0 aromatic heterocycles. The maximum Gasteiger partial charge on any atom is 0.141 e. The van der Waals surface area contributed by atoms with E-state index in [4.69, 9.17) is 11.6 Å². The van der Waals surface area contributed by atoms with Crippen molar-refractivity contribution in [3.05, 3.63) is 28.5 Å². The number of rotatable bonds is 3. The Morgan fingerprint density at radius 1 is 1.39 bits per heavy atom. The van der Waals surface area contributed by atoms with Crippen LogP contribution in [0.1, 0.15) is 11.6 Å². The molecule has 1 atom stereocenters. The number of benzene rings is 1. The number of nitrogens with zero attached hydrogens (tertiary/aromatic N) is 1. The van der Waals surface area contributed by atoms with Crippen molar-refractivity contribution in [2.24, 2.45) is 0 Å². The van der Waals surface area contributed by atoms with E-state index in [1.807, 2.05) is 4.90 Å². The lowest BCUT2D eigenvalue weighted by Crippen LogP contribution is -2.45. The van der Waals surface area contributed by atoms with Gasteiger partial charge in [-0.15, -0.1) is 0 Å². The van der Waals surface area contributed by atoms with Crippen LogP contribution in [0, 0.1) is 5.82 Å². The third-order valence-corrected chi connectivity index (χ3v) is 3.49. The number of alkyl halides is 1. The number of piperazine rings is 1. The number of hydrogen-bond acceptors (Lipinski definition) is 3. The minimum Gasteiger partial charge on any atom is -0.506 e. The Morgan fingerprint density at radius 2 is 2.06 bits per heavy atom. The van der Waals surface area contributed by atoms with Gasteiger partial charge in [-0.3, -0.25) is 4.90 Å². The normalized spacial score (nSPS) is 18.8. The molecule has 6 heteroatoms. The van der Waals surface area contributed by atoms with E-state index >= 15 is 0 Å². The number of phenols is 1. The maximum atomic E-state index is 13.8. The lowest BCUT2D eigenvalue weighted by atomic mass is 10.0. The van der Waals surface area contributed by atoms with Gasteiger partial charge >= 0.3 is 0 Å². The molecule has 1 aromatic rings. The first kappa shape index (κ1) is 13.5. The summed E-state index contributed by atoms with van der Waals surface area (Å²) in [5.74, 6) is -0.990. The fourth-order valence-corrected chi connectivity index (χ4v) is 2.39. The van der Waals surface area contributed by atoms with Crippen molar-refractivity contribution in [3.8, 4) is 5.75 Å². The van der Waals surface area contributed by atoms with Crippen LogP contribution in [0.3, 0.4) is 0 Å². The third-order valence-electron chi connectivity index (χ3n) is 3.19. The Balaban J connectivity index is 2.34. The summed E-state index contributed by atoms with van der Waals surface area (Å²) in [6, 6.07) is 1.64. The summed E-state index contributed by atoms with van der Waals surface area (Å²) >= 11 is 5.76. The van der Waals surface area contributed by atoms with Gasteiger partial charge in [0.1, 0.15) is 18.2 Å². The van der Waals surface area contributed by atoms with Gasteiger partial charge < -0.3 is 10.4 Å². The molecule has 100 valence electrons. The number of nitrogens with one attached hydrogen (secondary N) is 1. The molecule has 18 heavy (non-hydrogen) atoms. The second-order valence-corrected chi connectivity index (χ2v) is 4.65. The first-order valence-corrected chi connectivity index (χ1v) is 6.20. The lowest BCUT2D eigenvalue weighted by molar-refractivity contribution is 0.142. The molecule has 2 rings (SSSR count). The number of phenolic OH excluding ortho intramolecular Hbond substituents is 1. The molecule has 0 spiro atoms. The van der Waals surface area contributed by atoms with Crippen LogP contribution < -0.4 is 5.32 Å². The highest BCUT2D eigenvalue weighted by atomic mass is 35.5. The van der Waals surface area contributed by atoms with Crippen LogP contribution in [-0.2, 0) is 0 Å². The topological polar surface area (TPSA) is 35.5 Å². The van der Waals surface area contributed by atoms with Crippen molar-refractivity contribution in [3.63, 3.8) is 0 Å². The smallest absolute Gasteiger partial charge is 0.141 e. The van der Waals surface area contributed by atoms with Gasteiger partial charge in [0.2, 0.25) is 0 Å². The SMILES string of the molecule is Oc1c(Cl)ccc(F)c1[C@H](CF)N1CCNCC1. The van der Waals surface area contributed by atoms with Gasteiger partial charge in [0.15, 0.2) is 0 Å². The summed E-state index contributed by atoms with van der Waals surface area (Å²) in [5.41, 5.74) is -0.0492. The average molecular weight is 277 g/mol. The van der Waals surface area contributed by atoms with Crippen LogP contribution in [0.25, 0.3) is 0 Å². The fraction of sp³-hybridized carbons (Fsp3) is 0.500. The van der Waals surface area contributed by atoms with Crippen molar-refractivity contribution < 1.29 is 13.9 Å². The molecule has 0 saturated carbocycles. The van der Waals surface area contributed by atoms with Crippen molar-refractivity contribution in [2.45, 2.75) is 6.04 Å². The molecular formula is C12H15ClF2N2O. The molecule has 2 N–H and O–H groups in total. The van der Waals surface area contributed by atoms with Gasteiger partial charge in [-0.25, -0.2) is 8.78 Å². The van der Waals surface area contributed by atoms with Gasteiger partial charge in [-0.1, -0.05) is 11.6 Å². The molecule has 0 bridgehead atoms. The number of hydrogen-bond donors (Lipinski definition) is 2. The minimum atomic E-state index is -0.786. The molecular weight excluding hydrogens is 262 g/mol. The van der Waals surface area contributed by atoms with E-state index in [1.165, 1.54) is 6.07 Å². The van der Waals surface area contributed by atoms with Crippen LogP contribution in [0.2, 0.25) is 5.02 Å². The fourth-order valence-electron chi connectivity index (χ4n) is 2.22. The molecule has 0 radical (unpaired) electrons. The standard InChI is InChI=1S/C12H15ClF2N2O/c13-8-1-2-9(15)11(12(8)18)10(7-14)17-5-3-16-4-6-17/h1-2,10,16,18H,3-7H2/t10-/m0/s1. The van der Waals surface area contributed by atoms with E-state index in [-0.39, 0.29) is 16.3 Å². The Labute approximate surface area is 109 Å². The Hall–Kier alpha value is -0.910. The second-order valence-electron chi connectivity index (χ2n) is 4.25. The number of aromatic hydroxyl groups is 1. The minimum absolute atomic E-state index is 0.0417. The molecule has 1 aliphatic heterocycles. The first-order chi connectivity index (χ1) is 8.65. The number of halogens is 3. The molecule has 0 unspecified atom stereocenters. The molecule has 1 saturated heterocycles. The van der Waals surface area contributed by atoms with E-state index in [0.29, 0.717) is 13.1 Å². The summed E-state index contributed by atoms with van der Waals surface area (Å²) in [5, 5.41) is 13.0. The van der Waals surface area contributed by atoms with E-state index < -0.39 is 18.5 Å². The van der Waals surface area contributed by atoms with Gasteiger partial charge in [-0.05, 0) is 12.1 Å². The van der Waals surface area contributed by atoms with Crippen LogP contribution in [0.5, 0.6) is 5.75 Å². The van der Waals surface area contributed by atoms with Crippen molar-refractivity contribution >= 4 is 11.6 Å². The maximum absolute atomic E-state index is 13.8. The predicted molar refractivity (Wildman–Crippen MR) is 66.2 cm³/mol. The zero-order valence-corrected chi connectivity index (χ0v) is 10.6. The lowest BCUT2D eigenvalue weighted by Gasteiger charge is -2.34. The molecule has 3 nitrogen and oxygen atoms in total. The zero-order chi connectivity index (χ0) is 13.1. The summed E-state index contributed by atoms with van der Waals surface area (Å²) in [6.45, 7) is 1.91. The van der Waals surface area contributed by atoms with E-state index in [0.717, 1.165) is 19.2 Å². The highest BCUT2D eigenvalue weighted by Gasteiger charge is 2.28. The van der Waals surface area contributed by atoms with Gasteiger partial charge in [-0.2, -0.15) is 0 Å². The van der Waals surface area contributed by atoms with E-state index in [1.54, 1.807) is 0 Å². The highest BCUT2D eigenvalue weighted by molar-refractivity contribution is 6.32. The quantitative estimate of drug-likeness (QED) is 0.887. The van der Waals surface area contributed by atoms with Crippen molar-refractivity contribution in [2.75, 3.05) is 32.9 Å². The second kappa shape index (κ2) is 5.82. The molecule has 1 heterocycles. The summed E-state index contributed by atoms with van der Waals surface area (Å²) in [6.07, 6.45) is 0. The van der Waals surface area contributed by atoms with Crippen LogP contribution in [0.4, 0.5) is 8.78 Å². The van der Waals surface area contributed by atoms with Crippen LogP contribution in [0.15, 0.2) is 12.1 Å². The summed E-state index contributed by atoms with van der Waals surface area (Å²) in [7, 11) is 0. The molecule has 1 aliphatic rings. The van der Waals surface area contributed by atoms with Gasteiger partial charge in [0, 0.05) is 26.2 Å². The van der Waals surface area contributed by atoms with Crippen LogP contribution in [-0.4, -0.2) is 42.9 Å². The monoisotopic (exact) mass is 276 g/mol. The molecule has 0 aliphatic carbocycles. The van der Waals surface area contributed by atoms with Gasteiger partial charge in [0.25, 0.3) is 0 Å². The Bertz CT molecular complexity index is 425. The largest absolute Gasteiger partial charge is 0.506 e. The molecule has 0 amide bonds. The van der Waals surface area contributed by atoms with Crippen molar-refractivity contribution in [1.29, 1.82) is 0 Å². The zero-order valence-electron chi connectivity index (χ0n) is 9.80. The average Bonchev–Trinajstić information content (AvgIpc) is 2.40. The Morgan fingerprint density at radius 3 is 2.67 bits per heavy atom.